The first-order valence-electron chi connectivity index (χ1n) is 6.20. The number of hydrogen-bond acceptors (Lipinski definition) is 4. The van der Waals surface area contributed by atoms with Crippen LogP contribution in [0.4, 0.5) is 5.82 Å². The molecule has 0 aliphatic rings. The van der Waals surface area contributed by atoms with Crippen molar-refractivity contribution >= 4 is 5.82 Å². The predicted octanol–water partition coefficient (Wildman–Crippen LogP) is 2.07. The molecular formula is C15H16N4. The normalized spacial score (nSPS) is 9.89. The van der Waals surface area contributed by atoms with Crippen LogP contribution in [0.3, 0.4) is 0 Å². The van der Waals surface area contributed by atoms with Gasteiger partial charge >= 0.3 is 0 Å². The zero-order chi connectivity index (χ0) is 13.5. The van der Waals surface area contributed by atoms with Crippen molar-refractivity contribution in [1.29, 1.82) is 5.26 Å². The molecule has 3 N–H and O–H groups in total. The number of hydrogen-bond donors (Lipinski definition) is 2. The number of nitrogens with zero attached hydrogens (tertiary/aromatic N) is 2. The maximum atomic E-state index is 8.97. The molecule has 96 valence electrons. The van der Waals surface area contributed by atoms with Crippen LogP contribution in [0.5, 0.6) is 0 Å². The van der Waals surface area contributed by atoms with E-state index in [0.717, 1.165) is 12.0 Å². The fraction of sp³-hybridized carbons (Fsp3) is 0.200. The second-order valence-electron chi connectivity index (χ2n) is 4.22. The van der Waals surface area contributed by atoms with Crippen molar-refractivity contribution in [2.45, 2.75) is 13.0 Å². The largest absolute Gasteiger partial charge is 0.365 e. The molecule has 4 nitrogen and oxygen atoms in total. The second-order valence-corrected chi connectivity index (χ2v) is 4.22. The van der Waals surface area contributed by atoms with Gasteiger partial charge in [0.25, 0.3) is 0 Å². The molecule has 0 spiro atoms. The Morgan fingerprint density at radius 1 is 1.16 bits per heavy atom. The molecule has 0 aliphatic heterocycles. The molecule has 19 heavy (non-hydrogen) atoms. The van der Waals surface area contributed by atoms with Crippen molar-refractivity contribution in [3.05, 3.63) is 59.3 Å². The van der Waals surface area contributed by atoms with E-state index in [1.54, 1.807) is 18.3 Å². The lowest BCUT2D eigenvalue weighted by Gasteiger charge is -2.07. The van der Waals surface area contributed by atoms with Crippen molar-refractivity contribution in [2.24, 2.45) is 5.73 Å². The highest BCUT2D eigenvalue weighted by Gasteiger charge is 2.01. The summed E-state index contributed by atoms with van der Waals surface area (Å²) in [6, 6.07) is 13.9. The molecule has 4 heteroatoms. The van der Waals surface area contributed by atoms with E-state index in [0.29, 0.717) is 24.5 Å². The van der Waals surface area contributed by atoms with Gasteiger partial charge in [0.15, 0.2) is 0 Å². The van der Waals surface area contributed by atoms with Gasteiger partial charge in [-0.25, -0.2) is 4.98 Å². The maximum Gasteiger partial charge on any atom is 0.144 e. The summed E-state index contributed by atoms with van der Waals surface area (Å²) in [5.41, 5.74) is 8.46. The Morgan fingerprint density at radius 3 is 2.58 bits per heavy atom. The number of pyridine rings is 1. The number of nitrogens with two attached hydrogens (primary N) is 1. The van der Waals surface area contributed by atoms with Gasteiger partial charge in [0, 0.05) is 12.7 Å². The van der Waals surface area contributed by atoms with Gasteiger partial charge in [-0.3, -0.25) is 0 Å². The molecular weight excluding hydrogens is 236 g/mol. The zero-order valence-corrected chi connectivity index (χ0v) is 10.6. The maximum absolute atomic E-state index is 8.97. The van der Waals surface area contributed by atoms with E-state index in [2.05, 4.69) is 40.6 Å². The Morgan fingerprint density at radius 2 is 1.89 bits per heavy atom. The van der Waals surface area contributed by atoms with E-state index in [-0.39, 0.29) is 0 Å². The van der Waals surface area contributed by atoms with Crippen LogP contribution in [0.2, 0.25) is 0 Å². The fourth-order valence-electron chi connectivity index (χ4n) is 1.81. The first kappa shape index (κ1) is 13.1. The van der Waals surface area contributed by atoms with E-state index >= 15 is 0 Å². The van der Waals surface area contributed by atoms with E-state index in [1.807, 2.05) is 0 Å². The van der Waals surface area contributed by atoms with Crippen LogP contribution in [-0.4, -0.2) is 11.5 Å². The molecule has 0 saturated heterocycles. The highest BCUT2D eigenvalue weighted by Crippen LogP contribution is 2.12. The van der Waals surface area contributed by atoms with Crippen molar-refractivity contribution in [1.82, 2.24) is 4.98 Å². The summed E-state index contributed by atoms with van der Waals surface area (Å²) in [6.07, 6.45) is 2.57. The van der Waals surface area contributed by atoms with Gasteiger partial charge in [0.1, 0.15) is 11.9 Å². The molecule has 2 rings (SSSR count). The molecule has 0 unspecified atom stereocenters. The topological polar surface area (TPSA) is 74.7 Å². The van der Waals surface area contributed by atoms with Gasteiger partial charge in [0.2, 0.25) is 0 Å². The van der Waals surface area contributed by atoms with E-state index in [9.17, 15) is 0 Å². The summed E-state index contributed by atoms with van der Waals surface area (Å²) in [4.78, 5) is 4.16. The monoisotopic (exact) mass is 252 g/mol. The third-order valence-electron chi connectivity index (χ3n) is 2.84. The average Bonchev–Trinajstić information content (AvgIpc) is 2.47. The summed E-state index contributed by atoms with van der Waals surface area (Å²) in [5, 5.41) is 12.1. The first-order chi connectivity index (χ1) is 9.33. The molecule has 0 atom stereocenters. The lowest BCUT2D eigenvalue weighted by molar-refractivity contribution is 0.965. The average molecular weight is 252 g/mol. The van der Waals surface area contributed by atoms with Crippen molar-refractivity contribution < 1.29 is 0 Å². The number of nitrogens with one attached hydrogen (secondary N) is 1. The number of benzene rings is 1. The summed E-state index contributed by atoms with van der Waals surface area (Å²) in [6.45, 7) is 1.31. The molecule has 2 aromatic rings. The molecule has 0 radical (unpaired) electrons. The quantitative estimate of drug-likeness (QED) is 0.854. The van der Waals surface area contributed by atoms with Crippen LogP contribution in [0, 0.1) is 11.3 Å². The molecule has 0 saturated carbocycles. The number of anilines is 1. The Hall–Kier alpha value is -2.38. The molecule has 1 aromatic carbocycles. The molecule has 0 bridgehead atoms. The lowest BCUT2D eigenvalue weighted by atomic mass is 10.1. The minimum Gasteiger partial charge on any atom is -0.365 e. The summed E-state index contributed by atoms with van der Waals surface area (Å²) in [7, 11) is 0. The van der Waals surface area contributed by atoms with Crippen LogP contribution in [0.25, 0.3) is 0 Å². The third kappa shape index (κ3) is 3.54. The van der Waals surface area contributed by atoms with Gasteiger partial charge < -0.3 is 11.1 Å². The van der Waals surface area contributed by atoms with E-state index in [1.165, 1.54) is 5.56 Å². The highest BCUT2D eigenvalue weighted by atomic mass is 15.0. The summed E-state index contributed by atoms with van der Waals surface area (Å²) >= 11 is 0. The van der Waals surface area contributed by atoms with E-state index < -0.39 is 0 Å². The molecule has 0 amide bonds. The molecule has 0 fully saturated rings. The van der Waals surface area contributed by atoms with Gasteiger partial charge in [-0.1, -0.05) is 24.3 Å². The number of rotatable bonds is 5. The number of nitriles is 1. The van der Waals surface area contributed by atoms with Crippen LogP contribution < -0.4 is 11.1 Å². The Balaban J connectivity index is 2.00. The third-order valence-corrected chi connectivity index (χ3v) is 2.84. The predicted molar refractivity (Wildman–Crippen MR) is 75.5 cm³/mol. The highest BCUT2D eigenvalue weighted by molar-refractivity contribution is 5.51. The summed E-state index contributed by atoms with van der Waals surface area (Å²) < 4.78 is 0. The van der Waals surface area contributed by atoms with Gasteiger partial charge in [0.05, 0.1) is 5.56 Å². The SMILES string of the molecule is N#Cc1cccnc1NCc1ccc(CCN)cc1. The lowest BCUT2D eigenvalue weighted by Crippen LogP contribution is -2.04. The van der Waals surface area contributed by atoms with Crippen LogP contribution in [-0.2, 0) is 13.0 Å². The smallest absolute Gasteiger partial charge is 0.144 e. The summed E-state index contributed by atoms with van der Waals surface area (Å²) in [5.74, 6) is 0.621. The molecule has 1 aromatic heterocycles. The van der Waals surface area contributed by atoms with Crippen molar-refractivity contribution in [3.63, 3.8) is 0 Å². The van der Waals surface area contributed by atoms with Crippen molar-refractivity contribution in [2.75, 3.05) is 11.9 Å². The molecule has 0 aliphatic carbocycles. The van der Waals surface area contributed by atoms with Crippen LogP contribution in [0.15, 0.2) is 42.6 Å². The van der Waals surface area contributed by atoms with Crippen LogP contribution in [0.1, 0.15) is 16.7 Å². The van der Waals surface area contributed by atoms with Gasteiger partial charge in [-0.05, 0) is 36.2 Å². The standard InChI is InChI=1S/C15H16N4/c16-8-7-12-3-5-13(6-4-12)11-19-15-14(10-17)2-1-9-18-15/h1-6,9H,7-8,11,16H2,(H,18,19). The zero-order valence-electron chi connectivity index (χ0n) is 10.6. The van der Waals surface area contributed by atoms with Gasteiger partial charge in [-0.2, -0.15) is 5.26 Å². The fourth-order valence-corrected chi connectivity index (χ4v) is 1.81. The van der Waals surface area contributed by atoms with Gasteiger partial charge in [-0.15, -0.1) is 0 Å². The Bertz CT molecular complexity index is 569. The van der Waals surface area contributed by atoms with E-state index in [4.69, 9.17) is 11.0 Å². The minimum absolute atomic E-state index is 0.558. The Labute approximate surface area is 112 Å². The number of aromatic nitrogens is 1. The second kappa shape index (κ2) is 6.53. The van der Waals surface area contributed by atoms with Crippen LogP contribution >= 0.6 is 0 Å². The molecule has 1 heterocycles. The first-order valence-corrected chi connectivity index (χ1v) is 6.20. The Kier molecular flexibility index (Phi) is 4.49. The van der Waals surface area contributed by atoms with Crippen molar-refractivity contribution in [3.8, 4) is 6.07 Å². The minimum atomic E-state index is 0.558.